The number of para-hydroxylation sites is 1. The van der Waals surface area contributed by atoms with Crippen LogP contribution in [0.4, 0.5) is 5.69 Å². The van der Waals surface area contributed by atoms with E-state index in [4.69, 9.17) is 17.0 Å². The summed E-state index contributed by atoms with van der Waals surface area (Å²) in [5.41, 5.74) is 3.10. The molecule has 0 atom stereocenters. The lowest BCUT2D eigenvalue weighted by molar-refractivity contribution is -0.121. The number of thiocarbonyl (C=S) groups is 1. The van der Waals surface area contributed by atoms with Gasteiger partial charge in [0.05, 0.1) is 29.9 Å². The Kier molecular flexibility index (Phi) is 5.93. The molecule has 1 saturated heterocycles. The summed E-state index contributed by atoms with van der Waals surface area (Å²) in [6.07, 6.45) is 1.83. The van der Waals surface area contributed by atoms with E-state index in [-0.39, 0.29) is 12.6 Å². The van der Waals surface area contributed by atoms with Gasteiger partial charge in [0.2, 0.25) is 0 Å². The number of ether oxygens (including phenoxy) is 1. The van der Waals surface area contributed by atoms with E-state index in [1.807, 2.05) is 37.3 Å². The van der Waals surface area contributed by atoms with Crippen LogP contribution in [0.3, 0.4) is 0 Å². The standard InChI is InChI=1S/C20H18N2O3S2/c1-13-7-9-14(10-8-13)11-17-18(23)22(20(26)27-17)12-21-16-6-4-3-5-15(16)19(24)25-2/h3-11,21H,12H2,1-2H3/b17-11+. The highest BCUT2D eigenvalue weighted by molar-refractivity contribution is 8.26. The summed E-state index contributed by atoms with van der Waals surface area (Å²) in [6.45, 7) is 2.19. The maximum Gasteiger partial charge on any atom is 0.339 e. The Morgan fingerprint density at radius 1 is 1.22 bits per heavy atom. The van der Waals surface area contributed by atoms with Gasteiger partial charge in [0.15, 0.2) is 0 Å². The van der Waals surface area contributed by atoms with E-state index in [1.54, 1.807) is 24.3 Å². The van der Waals surface area contributed by atoms with E-state index >= 15 is 0 Å². The Hall–Kier alpha value is -2.64. The molecule has 138 valence electrons. The third kappa shape index (κ3) is 4.37. The quantitative estimate of drug-likeness (QED) is 0.466. The van der Waals surface area contributed by atoms with Crippen LogP contribution in [-0.2, 0) is 9.53 Å². The number of amides is 1. The monoisotopic (exact) mass is 398 g/mol. The van der Waals surface area contributed by atoms with Crippen molar-refractivity contribution in [2.45, 2.75) is 6.92 Å². The van der Waals surface area contributed by atoms with Crippen molar-refractivity contribution < 1.29 is 14.3 Å². The molecule has 1 fully saturated rings. The Bertz CT molecular complexity index is 923. The van der Waals surface area contributed by atoms with E-state index in [0.717, 1.165) is 11.1 Å². The number of methoxy groups -OCH3 is 1. The van der Waals surface area contributed by atoms with Crippen molar-refractivity contribution >= 4 is 51.9 Å². The fourth-order valence-corrected chi connectivity index (χ4v) is 3.79. The van der Waals surface area contributed by atoms with Crippen molar-refractivity contribution in [2.75, 3.05) is 19.1 Å². The molecular formula is C20H18N2O3S2. The van der Waals surface area contributed by atoms with Crippen molar-refractivity contribution in [3.8, 4) is 0 Å². The summed E-state index contributed by atoms with van der Waals surface area (Å²) >= 11 is 6.62. The topological polar surface area (TPSA) is 58.6 Å². The lowest BCUT2D eigenvalue weighted by Crippen LogP contribution is -2.33. The van der Waals surface area contributed by atoms with E-state index in [1.165, 1.54) is 23.8 Å². The number of benzene rings is 2. The van der Waals surface area contributed by atoms with Gasteiger partial charge in [0.1, 0.15) is 4.32 Å². The Morgan fingerprint density at radius 2 is 1.93 bits per heavy atom. The van der Waals surface area contributed by atoms with Gasteiger partial charge in [-0.3, -0.25) is 9.69 Å². The van der Waals surface area contributed by atoms with Crippen LogP contribution in [0.25, 0.3) is 6.08 Å². The van der Waals surface area contributed by atoms with Crippen molar-refractivity contribution in [1.29, 1.82) is 0 Å². The predicted octanol–water partition coefficient (Wildman–Crippen LogP) is 4.05. The van der Waals surface area contributed by atoms with Gasteiger partial charge in [-0.1, -0.05) is 65.9 Å². The molecule has 2 aromatic rings. The second-order valence-corrected chi connectivity index (χ2v) is 7.57. The maximum absolute atomic E-state index is 12.7. The molecular weight excluding hydrogens is 380 g/mol. The molecule has 1 aliphatic heterocycles. The van der Waals surface area contributed by atoms with Crippen LogP contribution in [0.15, 0.2) is 53.4 Å². The first-order valence-electron chi connectivity index (χ1n) is 8.23. The molecule has 27 heavy (non-hydrogen) atoms. The highest BCUT2D eigenvalue weighted by atomic mass is 32.2. The zero-order valence-electron chi connectivity index (χ0n) is 14.9. The molecule has 0 bridgehead atoms. The predicted molar refractivity (Wildman–Crippen MR) is 112 cm³/mol. The van der Waals surface area contributed by atoms with Crippen molar-refractivity contribution in [3.05, 3.63) is 70.1 Å². The van der Waals surface area contributed by atoms with E-state index in [9.17, 15) is 9.59 Å². The third-order valence-electron chi connectivity index (χ3n) is 4.01. The molecule has 5 nitrogen and oxygen atoms in total. The minimum Gasteiger partial charge on any atom is -0.465 e. The van der Waals surface area contributed by atoms with Gasteiger partial charge in [-0.2, -0.15) is 0 Å². The number of carbonyl (C=O) groups is 2. The number of nitrogens with zero attached hydrogens (tertiary/aromatic N) is 1. The van der Waals surface area contributed by atoms with Crippen molar-refractivity contribution in [1.82, 2.24) is 4.90 Å². The second kappa shape index (κ2) is 8.37. The van der Waals surface area contributed by atoms with Gasteiger partial charge in [-0.05, 0) is 30.7 Å². The molecule has 2 aromatic carbocycles. The summed E-state index contributed by atoms with van der Waals surface area (Å²) in [7, 11) is 1.33. The van der Waals surface area contributed by atoms with Crippen LogP contribution in [0.2, 0.25) is 0 Å². The number of aryl methyl sites for hydroxylation is 1. The van der Waals surface area contributed by atoms with E-state index in [0.29, 0.717) is 20.5 Å². The average Bonchev–Trinajstić information content (AvgIpc) is 2.94. The van der Waals surface area contributed by atoms with Crippen LogP contribution in [0, 0.1) is 6.92 Å². The van der Waals surface area contributed by atoms with Crippen LogP contribution in [0.1, 0.15) is 21.5 Å². The van der Waals surface area contributed by atoms with Crippen molar-refractivity contribution in [3.63, 3.8) is 0 Å². The average molecular weight is 399 g/mol. The Morgan fingerprint density at radius 3 is 2.63 bits per heavy atom. The lowest BCUT2D eigenvalue weighted by atomic mass is 10.1. The largest absolute Gasteiger partial charge is 0.465 e. The second-order valence-electron chi connectivity index (χ2n) is 5.89. The highest BCUT2D eigenvalue weighted by Gasteiger charge is 2.32. The fraction of sp³-hybridized carbons (Fsp3) is 0.150. The Balaban J connectivity index is 1.73. The van der Waals surface area contributed by atoms with Gasteiger partial charge in [-0.15, -0.1) is 0 Å². The molecule has 0 radical (unpaired) electrons. The zero-order valence-corrected chi connectivity index (χ0v) is 16.5. The highest BCUT2D eigenvalue weighted by Crippen LogP contribution is 2.32. The molecule has 0 spiro atoms. The van der Waals surface area contributed by atoms with Crippen LogP contribution in [-0.4, -0.2) is 34.9 Å². The van der Waals surface area contributed by atoms with E-state index < -0.39 is 5.97 Å². The summed E-state index contributed by atoms with van der Waals surface area (Å²) in [5, 5.41) is 3.10. The maximum atomic E-state index is 12.7. The number of nitrogens with one attached hydrogen (secondary N) is 1. The number of hydrogen-bond donors (Lipinski definition) is 1. The van der Waals surface area contributed by atoms with Gasteiger partial charge in [0.25, 0.3) is 5.91 Å². The van der Waals surface area contributed by atoms with Crippen molar-refractivity contribution in [2.24, 2.45) is 0 Å². The summed E-state index contributed by atoms with van der Waals surface area (Å²) < 4.78 is 5.26. The van der Waals surface area contributed by atoms with Gasteiger partial charge >= 0.3 is 5.97 Å². The number of thioether (sulfide) groups is 1. The SMILES string of the molecule is COC(=O)c1ccccc1NCN1C(=O)/C(=C\c2ccc(C)cc2)SC1=S. The van der Waals surface area contributed by atoms with E-state index in [2.05, 4.69) is 5.32 Å². The molecule has 3 rings (SSSR count). The summed E-state index contributed by atoms with van der Waals surface area (Å²) in [6, 6.07) is 14.9. The van der Waals surface area contributed by atoms with Crippen LogP contribution >= 0.6 is 24.0 Å². The zero-order chi connectivity index (χ0) is 19.4. The number of hydrogen-bond acceptors (Lipinski definition) is 6. The normalized spacial score (nSPS) is 15.3. The van der Waals surface area contributed by atoms with Crippen LogP contribution < -0.4 is 5.32 Å². The third-order valence-corrected chi connectivity index (χ3v) is 5.39. The van der Waals surface area contributed by atoms with Gasteiger partial charge in [-0.25, -0.2) is 4.79 Å². The first-order chi connectivity index (χ1) is 13.0. The molecule has 1 N–H and O–H groups in total. The number of carbonyl (C=O) groups excluding carboxylic acids is 2. The van der Waals surface area contributed by atoms with Gasteiger partial charge in [0, 0.05) is 0 Å². The summed E-state index contributed by atoms with van der Waals surface area (Å²) in [4.78, 5) is 26.6. The molecule has 1 heterocycles. The molecule has 1 aliphatic rings. The molecule has 0 aromatic heterocycles. The molecule has 0 saturated carbocycles. The smallest absolute Gasteiger partial charge is 0.339 e. The molecule has 0 aliphatic carbocycles. The molecule has 0 unspecified atom stereocenters. The van der Waals surface area contributed by atoms with Gasteiger partial charge < -0.3 is 10.1 Å². The minimum absolute atomic E-state index is 0.159. The molecule has 1 amide bonds. The Labute approximate surface area is 167 Å². The molecule has 7 heteroatoms. The lowest BCUT2D eigenvalue weighted by Gasteiger charge is -2.17. The summed E-state index contributed by atoms with van der Waals surface area (Å²) in [5.74, 6) is -0.601. The number of esters is 1. The first-order valence-corrected chi connectivity index (χ1v) is 9.45. The first kappa shape index (κ1) is 19.1. The number of rotatable bonds is 5. The minimum atomic E-state index is -0.442. The van der Waals surface area contributed by atoms with Crippen LogP contribution in [0.5, 0.6) is 0 Å². The fourth-order valence-electron chi connectivity index (χ4n) is 2.54. The number of anilines is 1.